The first kappa shape index (κ1) is 19.8. The normalized spacial score (nSPS) is 11.3. The molecule has 7 heteroatoms. The summed E-state index contributed by atoms with van der Waals surface area (Å²) in [7, 11) is 1.77. The van der Waals surface area contributed by atoms with Gasteiger partial charge in [0.25, 0.3) is 0 Å². The zero-order valence-electron chi connectivity index (χ0n) is 16.2. The minimum atomic E-state index is 0.504. The van der Waals surface area contributed by atoms with Crippen molar-refractivity contribution in [2.75, 3.05) is 13.6 Å². The smallest absolute Gasteiger partial charge is 0.213 e. The molecule has 6 nitrogen and oxygen atoms in total. The fourth-order valence-electron chi connectivity index (χ4n) is 2.58. The van der Waals surface area contributed by atoms with E-state index in [2.05, 4.69) is 32.5 Å². The Labute approximate surface area is 169 Å². The van der Waals surface area contributed by atoms with Crippen LogP contribution >= 0.6 is 11.3 Å². The average Bonchev–Trinajstić information content (AvgIpc) is 3.15. The molecule has 1 aromatic carbocycles. The third kappa shape index (κ3) is 6.35. The van der Waals surface area contributed by atoms with E-state index in [9.17, 15) is 0 Å². The lowest BCUT2D eigenvalue weighted by Gasteiger charge is -2.12. The highest BCUT2D eigenvalue weighted by atomic mass is 32.1. The maximum atomic E-state index is 5.79. The zero-order chi connectivity index (χ0) is 19.6. The number of aryl methyl sites for hydroxylation is 1. The second kappa shape index (κ2) is 10.4. The van der Waals surface area contributed by atoms with E-state index >= 15 is 0 Å². The molecular weight excluding hydrogens is 370 g/mol. The molecule has 0 radical (unpaired) electrons. The van der Waals surface area contributed by atoms with Gasteiger partial charge in [0.2, 0.25) is 5.88 Å². The van der Waals surface area contributed by atoms with Crippen LogP contribution < -0.4 is 15.4 Å². The van der Waals surface area contributed by atoms with Crippen LogP contribution in [0.2, 0.25) is 0 Å². The number of thiazole rings is 1. The van der Waals surface area contributed by atoms with Crippen LogP contribution in [0.15, 0.2) is 59.9 Å². The molecule has 0 aliphatic carbocycles. The SMILES string of the molecule is CN=C(NCCc1ncc(C)s1)NCc1ccnc(OCc2ccccc2)c1. The van der Waals surface area contributed by atoms with E-state index in [0.29, 0.717) is 19.0 Å². The van der Waals surface area contributed by atoms with E-state index in [4.69, 9.17) is 4.74 Å². The van der Waals surface area contributed by atoms with Crippen molar-refractivity contribution in [3.63, 3.8) is 0 Å². The minimum absolute atomic E-state index is 0.504. The number of aliphatic imine (C=N–C) groups is 1. The summed E-state index contributed by atoms with van der Waals surface area (Å²) in [5.41, 5.74) is 2.20. The molecule has 28 heavy (non-hydrogen) atoms. The van der Waals surface area contributed by atoms with Crippen molar-refractivity contribution in [1.29, 1.82) is 0 Å². The van der Waals surface area contributed by atoms with Gasteiger partial charge in [0.1, 0.15) is 6.61 Å². The largest absolute Gasteiger partial charge is 0.473 e. The number of nitrogens with zero attached hydrogens (tertiary/aromatic N) is 3. The number of guanidine groups is 1. The highest BCUT2D eigenvalue weighted by Gasteiger charge is 2.03. The average molecular weight is 396 g/mol. The highest BCUT2D eigenvalue weighted by molar-refractivity contribution is 7.11. The third-order valence-corrected chi connectivity index (χ3v) is 4.99. The second-order valence-corrected chi connectivity index (χ2v) is 7.56. The van der Waals surface area contributed by atoms with Crippen molar-refractivity contribution >= 4 is 17.3 Å². The van der Waals surface area contributed by atoms with Gasteiger partial charge in [0, 0.05) is 49.9 Å². The van der Waals surface area contributed by atoms with Gasteiger partial charge in [-0.25, -0.2) is 9.97 Å². The molecule has 2 heterocycles. The molecule has 0 saturated carbocycles. The van der Waals surface area contributed by atoms with Crippen LogP contribution in [0, 0.1) is 6.92 Å². The topological polar surface area (TPSA) is 71.4 Å². The predicted molar refractivity (Wildman–Crippen MR) is 114 cm³/mol. The van der Waals surface area contributed by atoms with Crippen LogP contribution in [0.25, 0.3) is 0 Å². The minimum Gasteiger partial charge on any atom is -0.473 e. The fourth-order valence-corrected chi connectivity index (χ4v) is 3.37. The van der Waals surface area contributed by atoms with Crippen molar-refractivity contribution in [2.45, 2.75) is 26.5 Å². The lowest BCUT2D eigenvalue weighted by Crippen LogP contribution is -2.37. The van der Waals surface area contributed by atoms with Crippen molar-refractivity contribution < 1.29 is 4.74 Å². The van der Waals surface area contributed by atoms with E-state index in [1.54, 1.807) is 24.6 Å². The molecule has 146 valence electrons. The van der Waals surface area contributed by atoms with Gasteiger partial charge in [-0.05, 0) is 24.1 Å². The van der Waals surface area contributed by atoms with Gasteiger partial charge < -0.3 is 15.4 Å². The summed E-state index contributed by atoms with van der Waals surface area (Å²) in [6.45, 7) is 4.00. The van der Waals surface area contributed by atoms with E-state index < -0.39 is 0 Å². The van der Waals surface area contributed by atoms with Crippen LogP contribution in [-0.4, -0.2) is 29.5 Å². The van der Waals surface area contributed by atoms with Crippen LogP contribution in [0.3, 0.4) is 0 Å². The van der Waals surface area contributed by atoms with Crippen LogP contribution in [-0.2, 0) is 19.6 Å². The third-order valence-electron chi connectivity index (χ3n) is 4.01. The van der Waals surface area contributed by atoms with Crippen LogP contribution in [0.5, 0.6) is 5.88 Å². The first-order valence-electron chi connectivity index (χ1n) is 9.20. The molecule has 2 aromatic heterocycles. The Morgan fingerprint density at radius 1 is 1.11 bits per heavy atom. The molecule has 0 saturated heterocycles. The molecule has 0 atom stereocenters. The van der Waals surface area contributed by atoms with Gasteiger partial charge in [-0.3, -0.25) is 4.99 Å². The molecule has 3 rings (SSSR count). The number of rotatable bonds is 8. The second-order valence-electron chi connectivity index (χ2n) is 6.24. The zero-order valence-corrected chi connectivity index (χ0v) is 17.0. The summed E-state index contributed by atoms with van der Waals surface area (Å²) in [6.07, 6.45) is 4.55. The lowest BCUT2D eigenvalue weighted by atomic mass is 10.2. The summed E-state index contributed by atoms with van der Waals surface area (Å²) in [5, 5.41) is 7.77. The van der Waals surface area contributed by atoms with Crippen molar-refractivity contribution in [3.8, 4) is 5.88 Å². The van der Waals surface area contributed by atoms with Crippen molar-refractivity contribution in [1.82, 2.24) is 20.6 Å². The van der Waals surface area contributed by atoms with Gasteiger partial charge in [0.05, 0.1) is 5.01 Å². The Morgan fingerprint density at radius 3 is 2.71 bits per heavy atom. The van der Waals surface area contributed by atoms with E-state index in [0.717, 1.165) is 35.1 Å². The first-order valence-corrected chi connectivity index (χ1v) is 10.0. The Bertz CT molecular complexity index is 895. The monoisotopic (exact) mass is 395 g/mol. The van der Waals surface area contributed by atoms with Crippen molar-refractivity contribution in [2.24, 2.45) is 4.99 Å². The molecule has 0 unspecified atom stereocenters. The number of pyridine rings is 1. The van der Waals surface area contributed by atoms with Gasteiger partial charge in [-0.2, -0.15) is 0 Å². The Morgan fingerprint density at radius 2 is 1.96 bits per heavy atom. The Balaban J connectivity index is 1.44. The maximum Gasteiger partial charge on any atom is 0.213 e. The van der Waals surface area contributed by atoms with E-state index in [1.807, 2.05) is 48.7 Å². The summed E-state index contributed by atoms with van der Waals surface area (Å²) in [6, 6.07) is 14.0. The number of aromatic nitrogens is 2. The number of hydrogen-bond acceptors (Lipinski definition) is 5. The van der Waals surface area contributed by atoms with Gasteiger partial charge in [-0.15, -0.1) is 11.3 Å². The molecule has 3 aromatic rings. The van der Waals surface area contributed by atoms with Gasteiger partial charge >= 0.3 is 0 Å². The number of hydrogen-bond donors (Lipinski definition) is 2. The standard InChI is InChI=1S/C21H25N5OS/c1-16-13-25-20(28-16)9-11-24-21(22-2)26-14-18-8-10-23-19(12-18)27-15-17-6-4-3-5-7-17/h3-8,10,12-13H,9,11,14-15H2,1-2H3,(H2,22,24,26). The molecule has 0 fully saturated rings. The lowest BCUT2D eigenvalue weighted by molar-refractivity contribution is 0.293. The fraction of sp³-hybridized carbons (Fsp3) is 0.286. The Hall–Kier alpha value is -2.93. The van der Waals surface area contributed by atoms with Crippen LogP contribution in [0.4, 0.5) is 0 Å². The number of ether oxygens (including phenoxy) is 1. The number of nitrogens with one attached hydrogen (secondary N) is 2. The quantitative estimate of drug-likeness (QED) is 0.452. The molecule has 0 spiro atoms. The van der Waals surface area contributed by atoms with Gasteiger partial charge in [-0.1, -0.05) is 30.3 Å². The summed E-state index contributed by atoms with van der Waals surface area (Å²) >= 11 is 1.73. The molecule has 0 aliphatic heterocycles. The molecule has 0 aliphatic rings. The molecule has 0 amide bonds. The summed E-state index contributed by atoms with van der Waals surface area (Å²) in [5.74, 6) is 1.38. The molecule has 2 N–H and O–H groups in total. The van der Waals surface area contributed by atoms with Crippen molar-refractivity contribution in [3.05, 3.63) is 75.9 Å². The first-order chi connectivity index (χ1) is 13.7. The molecule has 0 bridgehead atoms. The number of benzene rings is 1. The summed E-state index contributed by atoms with van der Waals surface area (Å²) < 4.78 is 5.79. The van der Waals surface area contributed by atoms with Gasteiger partial charge in [0.15, 0.2) is 5.96 Å². The highest BCUT2D eigenvalue weighted by Crippen LogP contribution is 2.12. The van der Waals surface area contributed by atoms with Crippen LogP contribution in [0.1, 0.15) is 21.0 Å². The summed E-state index contributed by atoms with van der Waals surface area (Å²) in [4.78, 5) is 14.2. The van der Waals surface area contributed by atoms with E-state index in [1.165, 1.54) is 4.88 Å². The predicted octanol–water partition coefficient (Wildman–Crippen LogP) is 3.33. The molecular formula is C21H25N5OS. The van der Waals surface area contributed by atoms with E-state index in [-0.39, 0.29) is 0 Å². The maximum absolute atomic E-state index is 5.79. The Kier molecular flexibility index (Phi) is 7.37.